The molecular formula is C20H18ClN3O3S. The van der Waals surface area contributed by atoms with Crippen molar-refractivity contribution in [2.24, 2.45) is 0 Å². The van der Waals surface area contributed by atoms with E-state index >= 15 is 0 Å². The number of benzene rings is 2. The number of carbonyl (C=O) groups is 1. The van der Waals surface area contributed by atoms with Gasteiger partial charge in [0.25, 0.3) is 11.8 Å². The quantitative estimate of drug-likeness (QED) is 0.548. The number of ether oxygens (including phenoxy) is 2. The number of nitrogens with one attached hydrogen (secondary N) is 1. The van der Waals surface area contributed by atoms with Gasteiger partial charge in [-0.15, -0.1) is 0 Å². The van der Waals surface area contributed by atoms with Crippen molar-refractivity contribution >= 4 is 29.3 Å². The molecule has 144 valence electrons. The molecule has 0 aliphatic heterocycles. The topological polar surface area (TPSA) is 73.3 Å². The van der Waals surface area contributed by atoms with E-state index in [1.165, 1.54) is 11.8 Å². The Morgan fingerprint density at radius 2 is 1.79 bits per heavy atom. The smallest absolute Gasteiger partial charge is 0.252 e. The van der Waals surface area contributed by atoms with Gasteiger partial charge in [-0.25, -0.2) is 9.97 Å². The zero-order valence-corrected chi connectivity index (χ0v) is 16.7. The minimum atomic E-state index is -0.165. The van der Waals surface area contributed by atoms with E-state index in [0.717, 1.165) is 4.90 Å². The number of hydrogen-bond donors (Lipinski definition) is 1. The number of hydrogen-bond acceptors (Lipinski definition) is 6. The van der Waals surface area contributed by atoms with Crippen molar-refractivity contribution in [2.75, 3.05) is 20.3 Å². The van der Waals surface area contributed by atoms with Crippen LogP contribution in [0.1, 0.15) is 10.4 Å². The zero-order valence-electron chi connectivity index (χ0n) is 15.1. The minimum absolute atomic E-state index is 0.165. The third-order valence-corrected chi connectivity index (χ3v) is 4.82. The average molecular weight is 416 g/mol. The second-order valence-corrected chi connectivity index (χ2v) is 7.10. The third-order valence-electron chi connectivity index (χ3n) is 3.58. The highest BCUT2D eigenvalue weighted by Crippen LogP contribution is 2.34. The molecule has 0 bridgehead atoms. The summed E-state index contributed by atoms with van der Waals surface area (Å²) in [6.07, 6.45) is 3.18. The first-order chi connectivity index (χ1) is 13.7. The van der Waals surface area contributed by atoms with Gasteiger partial charge in [0.15, 0.2) is 5.03 Å². The molecule has 2 aromatic carbocycles. The summed E-state index contributed by atoms with van der Waals surface area (Å²) in [7, 11) is 1.59. The summed E-state index contributed by atoms with van der Waals surface area (Å²) in [4.78, 5) is 21.6. The van der Waals surface area contributed by atoms with Crippen LogP contribution in [-0.2, 0) is 4.74 Å². The van der Waals surface area contributed by atoms with E-state index in [9.17, 15) is 4.79 Å². The van der Waals surface area contributed by atoms with Crippen molar-refractivity contribution in [3.8, 4) is 11.6 Å². The summed E-state index contributed by atoms with van der Waals surface area (Å²) in [6, 6.07) is 14.3. The largest absolute Gasteiger partial charge is 0.437 e. The first kappa shape index (κ1) is 20.1. The van der Waals surface area contributed by atoms with Gasteiger partial charge in [0.2, 0.25) is 0 Å². The predicted octanol–water partition coefficient (Wildman–Crippen LogP) is 4.45. The van der Waals surface area contributed by atoms with E-state index in [4.69, 9.17) is 21.1 Å². The molecule has 0 aliphatic carbocycles. The number of nitrogens with zero attached hydrogens (tertiary/aromatic N) is 2. The van der Waals surface area contributed by atoms with Gasteiger partial charge in [-0.1, -0.05) is 23.4 Å². The molecule has 0 unspecified atom stereocenters. The van der Waals surface area contributed by atoms with Crippen molar-refractivity contribution in [1.29, 1.82) is 0 Å². The van der Waals surface area contributed by atoms with Crippen molar-refractivity contribution in [2.45, 2.75) is 9.92 Å². The molecule has 6 nitrogen and oxygen atoms in total. The number of methoxy groups -OCH3 is 1. The van der Waals surface area contributed by atoms with Gasteiger partial charge in [-0.2, -0.15) is 0 Å². The highest BCUT2D eigenvalue weighted by Gasteiger charge is 2.11. The standard InChI is InChI=1S/C20H18ClN3O3S/c1-26-13-12-22-18(25)14-2-6-16(7-3-14)27-19-20(24-11-10-23-19)28-17-8-4-15(21)5-9-17/h2-11H,12-13H2,1H3,(H,22,25). The maximum Gasteiger partial charge on any atom is 0.252 e. The molecule has 3 aromatic rings. The lowest BCUT2D eigenvalue weighted by molar-refractivity contribution is 0.0937. The number of amides is 1. The average Bonchev–Trinajstić information content (AvgIpc) is 2.72. The van der Waals surface area contributed by atoms with E-state index in [0.29, 0.717) is 40.4 Å². The molecule has 0 spiro atoms. The molecule has 0 atom stereocenters. The lowest BCUT2D eigenvalue weighted by atomic mass is 10.2. The molecule has 0 radical (unpaired) electrons. The highest BCUT2D eigenvalue weighted by atomic mass is 35.5. The Kier molecular flexibility index (Phi) is 7.25. The lowest BCUT2D eigenvalue weighted by Crippen LogP contribution is -2.26. The summed E-state index contributed by atoms with van der Waals surface area (Å²) in [5.41, 5.74) is 0.540. The van der Waals surface area contributed by atoms with Crippen LogP contribution in [0.2, 0.25) is 5.02 Å². The molecule has 1 amide bonds. The SMILES string of the molecule is COCCNC(=O)c1ccc(Oc2nccnc2Sc2ccc(Cl)cc2)cc1. The summed E-state index contributed by atoms with van der Waals surface area (Å²) in [5.74, 6) is 0.786. The van der Waals surface area contributed by atoms with Crippen LogP contribution < -0.4 is 10.1 Å². The fourth-order valence-corrected chi connectivity index (χ4v) is 3.14. The second kappa shape index (κ2) is 10.1. The Morgan fingerprint density at radius 3 is 2.50 bits per heavy atom. The first-order valence-corrected chi connectivity index (χ1v) is 9.64. The fourth-order valence-electron chi connectivity index (χ4n) is 2.22. The van der Waals surface area contributed by atoms with Crippen LogP contribution in [0.15, 0.2) is 70.8 Å². The molecule has 8 heteroatoms. The predicted molar refractivity (Wildman–Crippen MR) is 108 cm³/mol. The van der Waals surface area contributed by atoms with E-state index in [1.807, 2.05) is 24.3 Å². The second-order valence-electron chi connectivity index (χ2n) is 5.60. The molecule has 1 N–H and O–H groups in total. The van der Waals surface area contributed by atoms with Crippen LogP contribution in [0.5, 0.6) is 11.6 Å². The molecule has 1 heterocycles. The Hall–Kier alpha value is -2.61. The maximum atomic E-state index is 12.0. The monoisotopic (exact) mass is 415 g/mol. The molecule has 0 saturated heterocycles. The van der Waals surface area contributed by atoms with E-state index in [2.05, 4.69) is 15.3 Å². The summed E-state index contributed by atoms with van der Waals surface area (Å²) >= 11 is 7.36. The van der Waals surface area contributed by atoms with Crippen LogP contribution in [-0.4, -0.2) is 36.1 Å². The van der Waals surface area contributed by atoms with Crippen molar-refractivity contribution in [3.05, 3.63) is 71.5 Å². The summed E-state index contributed by atoms with van der Waals surface area (Å²) < 4.78 is 10.8. The Labute approximate surface area is 172 Å². The highest BCUT2D eigenvalue weighted by molar-refractivity contribution is 7.99. The van der Waals surface area contributed by atoms with Gasteiger partial charge in [0.1, 0.15) is 5.75 Å². The van der Waals surface area contributed by atoms with Gasteiger partial charge in [-0.3, -0.25) is 4.79 Å². The summed E-state index contributed by atoms with van der Waals surface area (Å²) in [6.45, 7) is 0.923. The van der Waals surface area contributed by atoms with Crippen LogP contribution in [0, 0.1) is 0 Å². The van der Waals surface area contributed by atoms with Crippen molar-refractivity contribution in [3.63, 3.8) is 0 Å². The molecular weight excluding hydrogens is 398 g/mol. The molecule has 0 aliphatic rings. The lowest BCUT2D eigenvalue weighted by Gasteiger charge is -2.09. The van der Waals surface area contributed by atoms with Crippen LogP contribution in [0.4, 0.5) is 0 Å². The Balaban J connectivity index is 1.68. The summed E-state index contributed by atoms with van der Waals surface area (Å²) in [5, 5.41) is 4.07. The van der Waals surface area contributed by atoms with E-state index < -0.39 is 0 Å². The van der Waals surface area contributed by atoms with Crippen LogP contribution >= 0.6 is 23.4 Å². The Bertz CT molecular complexity index is 921. The van der Waals surface area contributed by atoms with Crippen molar-refractivity contribution in [1.82, 2.24) is 15.3 Å². The van der Waals surface area contributed by atoms with Gasteiger partial charge >= 0.3 is 0 Å². The fraction of sp³-hybridized carbons (Fsp3) is 0.150. The van der Waals surface area contributed by atoms with Gasteiger partial charge in [0.05, 0.1) is 6.61 Å². The third kappa shape index (κ3) is 5.69. The Morgan fingerprint density at radius 1 is 1.07 bits per heavy atom. The van der Waals surface area contributed by atoms with E-state index in [-0.39, 0.29) is 5.91 Å². The van der Waals surface area contributed by atoms with E-state index in [1.54, 1.807) is 43.8 Å². The zero-order chi connectivity index (χ0) is 19.8. The van der Waals surface area contributed by atoms with Gasteiger partial charge in [0, 0.05) is 41.5 Å². The van der Waals surface area contributed by atoms with Crippen molar-refractivity contribution < 1.29 is 14.3 Å². The minimum Gasteiger partial charge on any atom is -0.437 e. The maximum absolute atomic E-state index is 12.0. The molecule has 28 heavy (non-hydrogen) atoms. The molecule has 0 fully saturated rings. The molecule has 0 saturated carbocycles. The van der Waals surface area contributed by atoms with Gasteiger partial charge in [-0.05, 0) is 48.5 Å². The molecule has 3 rings (SSSR count). The van der Waals surface area contributed by atoms with Crippen LogP contribution in [0.25, 0.3) is 0 Å². The number of halogens is 1. The normalized spacial score (nSPS) is 10.5. The molecule has 1 aromatic heterocycles. The number of aromatic nitrogens is 2. The number of carbonyl (C=O) groups excluding carboxylic acids is 1. The van der Waals surface area contributed by atoms with Crippen LogP contribution in [0.3, 0.4) is 0 Å². The number of rotatable bonds is 8. The first-order valence-electron chi connectivity index (χ1n) is 8.45. The van der Waals surface area contributed by atoms with Gasteiger partial charge < -0.3 is 14.8 Å².